The summed E-state index contributed by atoms with van der Waals surface area (Å²) in [6.45, 7) is 8.16. The van der Waals surface area contributed by atoms with Gasteiger partial charge in [0.05, 0.1) is 12.5 Å². The molecule has 10 heavy (non-hydrogen) atoms. The summed E-state index contributed by atoms with van der Waals surface area (Å²) in [5.41, 5.74) is 0. The maximum Gasteiger partial charge on any atom is 0.152 e. The zero-order chi connectivity index (χ0) is 8.41. The molecule has 0 fully saturated rings. The van der Waals surface area contributed by atoms with Gasteiger partial charge in [-0.05, 0) is 0 Å². The van der Waals surface area contributed by atoms with Gasteiger partial charge in [-0.25, -0.2) is 4.21 Å². The number of hydrogen-bond acceptors (Lipinski definition) is 2. The summed E-state index contributed by atoms with van der Waals surface area (Å²) in [5.74, 6) is 0.333. The second kappa shape index (κ2) is 11.2. The number of hydrogen-bond donors (Lipinski definition) is 1. The minimum atomic E-state index is -1.57. The Bertz CT molecular complexity index is 106. The highest BCUT2D eigenvalue weighted by atomic mass is 32.2. The van der Waals surface area contributed by atoms with E-state index in [0.717, 1.165) is 0 Å². The summed E-state index contributed by atoms with van der Waals surface area (Å²) < 4.78 is 21.7. The summed E-state index contributed by atoms with van der Waals surface area (Å²) in [7, 11) is 0. The van der Waals surface area contributed by atoms with Crippen LogP contribution < -0.4 is 0 Å². The van der Waals surface area contributed by atoms with E-state index in [0.29, 0.717) is 5.75 Å². The van der Waals surface area contributed by atoms with Crippen LogP contribution in [0, 0.1) is 0 Å². The molecule has 0 radical (unpaired) electrons. The average Bonchev–Trinajstić information content (AvgIpc) is 1.91. The molecule has 0 aromatic heterocycles. The minimum Gasteiger partial charge on any atom is -0.474 e. The summed E-state index contributed by atoms with van der Waals surface area (Å²) in [6.07, 6.45) is 2.62. The Morgan fingerprint density at radius 1 is 1.60 bits per heavy atom. The summed E-state index contributed by atoms with van der Waals surface area (Å²) in [6, 6.07) is 0. The van der Waals surface area contributed by atoms with Crippen LogP contribution in [0.5, 0.6) is 0 Å². The zero-order valence-corrected chi connectivity index (χ0v) is 6.76. The molecule has 0 aliphatic heterocycles. The molecule has 1 atom stereocenters. The Morgan fingerprint density at radius 2 is 1.90 bits per heavy atom. The highest BCUT2D eigenvalue weighted by Crippen LogP contribution is 1.65. The molecule has 1 unspecified atom stereocenters. The van der Waals surface area contributed by atoms with Gasteiger partial charge >= 0.3 is 0 Å². The molecule has 0 bridgehead atoms. The van der Waals surface area contributed by atoms with Crippen molar-refractivity contribution in [2.75, 3.05) is 5.75 Å². The SMILES string of the molecule is C=COC=C.CCS(=O)O. The van der Waals surface area contributed by atoms with Crippen LogP contribution in [-0.4, -0.2) is 14.5 Å². The van der Waals surface area contributed by atoms with Crippen LogP contribution >= 0.6 is 0 Å². The van der Waals surface area contributed by atoms with Crippen LogP contribution in [0.2, 0.25) is 0 Å². The van der Waals surface area contributed by atoms with Crippen molar-refractivity contribution in [2.24, 2.45) is 0 Å². The molecule has 0 aromatic rings. The lowest BCUT2D eigenvalue weighted by molar-refractivity contribution is 0.406. The van der Waals surface area contributed by atoms with Gasteiger partial charge in [0.25, 0.3) is 0 Å². The molecule has 0 spiro atoms. The molecular formula is C6H12O3S. The van der Waals surface area contributed by atoms with Crippen LogP contribution in [0.15, 0.2) is 25.7 Å². The quantitative estimate of drug-likeness (QED) is 0.508. The monoisotopic (exact) mass is 164 g/mol. The summed E-state index contributed by atoms with van der Waals surface area (Å²) in [5, 5.41) is 0. The molecule has 0 aromatic carbocycles. The van der Waals surface area contributed by atoms with E-state index in [9.17, 15) is 4.21 Å². The Balaban J connectivity index is 0. The third-order valence-electron chi connectivity index (χ3n) is 0.439. The molecule has 0 rings (SSSR count). The third kappa shape index (κ3) is 26.3. The standard InChI is InChI=1S/C4H6O.C2H6O2S/c1-3-5-4-2;1-2-5(3)4/h3-4H,1-2H2;2H2,1H3,(H,3,4). The first-order valence-electron chi connectivity index (χ1n) is 2.63. The average molecular weight is 164 g/mol. The highest BCUT2D eigenvalue weighted by molar-refractivity contribution is 7.79. The van der Waals surface area contributed by atoms with Gasteiger partial charge < -0.3 is 9.29 Å². The second-order valence-corrected chi connectivity index (χ2v) is 2.30. The van der Waals surface area contributed by atoms with Crippen LogP contribution in [0.4, 0.5) is 0 Å². The molecule has 60 valence electrons. The van der Waals surface area contributed by atoms with Crippen molar-refractivity contribution in [1.29, 1.82) is 0 Å². The van der Waals surface area contributed by atoms with E-state index in [4.69, 9.17) is 4.55 Å². The molecule has 0 aliphatic rings. The fraction of sp³-hybridized carbons (Fsp3) is 0.333. The first-order chi connectivity index (χ1) is 4.68. The molecule has 1 N–H and O–H groups in total. The van der Waals surface area contributed by atoms with Crippen molar-refractivity contribution >= 4 is 11.1 Å². The zero-order valence-electron chi connectivity index (χ0n) is 5.95. The van der Waals surface area contributed by atoms with Crippen molar-refractivity contribution in [3.05, 3.63) is 25.7 Å². The predicted molar refractivity (Wildman–Crippen MR) is 42.8 cm³/mol. The van der Waals surface area contributed by atoms with Crippen molar-refractivity contribution in [1.82, 2.24) is 0 Å². The molecule has 0 aliphatic carbocycles. The fourth-order valence-electron chi connectivity index (χ4n) is 0.0680. The Hall–Kier alpha value is -0.610. The third-order valence-corrected chi connectivity index (χ3v) is 0.933. The molecule has 3 nitrogen and oxygen atoms in total. The van der Waals surface area contributed by atoms with E-state index < -0.39 is 11.1 Å². The van der Waals surface area contributed by atoms with E-state index in [1.54, 1.807) is 6.92 Å². The van der Waals surface area contributed by atoms with Crippen LogP contribution in [0.1, 0.15) is 6.92 Å². The van der Waals surface area contributed by atoms with Gasteiger partial charge in [0.2, 0.25) is 0 Å². The van der Waals surface area contributed by atoms with Crippen molar-refractivity contribution in [3.8, 4) is 0 Å². The van der Waals surface area contributed by atoms with Gasteiger partial charge in [-0.15, -0.1) is 0 Å². The first kappa shape index (κ1) is 12.1. The van der Waals surface area contributed by atoms with E-state index in [1.807, 2.05) is 0 Å². The summed E-state index contributed by atoms with van der Waals surface area (Å²) >= 11 is -1.57. The van der Waals surface area contributed by atoms with E-state index >= 15 is 0 Å². The molecule has 0 heterocycles. The van der Waals surface area contributed by atoms with Gasteiger partial charge in [0, 0.05) is 5.75 Å². The molecule has 0 saturated carbocycles. The predicted octanol–water partition coefficient (Wildman–Crippen LogP) is 1.52. The second-order valence-electron chi connectivity index (χ2n) is 1.08. The number of rotatable bonds is 3. The largest absolute Gasteiger partial charge is 0.474 e. The van der Waals surface area contributed by atoms with E-state index in [2.05, 4.69) is 17.9 Å². The first-order valence-corrected chi connectivity index (χ1v) is 3.91. The molecule has 0 saturated heterocycles. The van der Waals surface area contributed by atoms with Gasteiger partial charge in [-0.2, -0.15) is 0 Å². The lowest BCUT2D eigenvalue weighted by Gasteiger charge is -1.76. The minimum absolute atomic E-state index is 0.333. The molecule has 0 amide bonds. The van der Waals surface area contributed by atoms with Gasteiger partial charge in [0.15, 0.2) is 11.1 Å². The smallest absolute Gasteiger partial charge is 0.152 e. The van der Waals surface area contributed by atoms with Gasteiger partial charge in [-0.1, -0.05) is 20.1 Å². The van der Waals surface area contributed by atoms with Gasteiger partial charge in [0.1, 0.15) is 0 Å². The molecular weight excluding hydrogens is 152 g/mol. The van der Waals surface area contributed by atoms with Crippen LogP contribution in [0.3, 0.4) is 0 Å². The van der Waals surface area contributed by atoms with Crippen molar-refractivity contribution in [3.63, 3.8) is 0 Å². The van der Waals surface area contributed by atoms with Crippen LogP contribution in [0.25, 0.3) is 0 Å². The Labute approximate surface area is 63.7 Å². The lowest BCUT2D eigenvalue weighted by Crippen LogP contribution is -1.85. The van der Waals surface area contributed by atoms with Crippen molar-refractivity contribution in [2.45, 2.75) is 6.92 Å². The maximum absolute atomic E-state index is 9.48. The van der Waals surface area contributed by atoms with E-state index in [-0.39, 0.29) is 0 Å². The fourth-order valence-corrected chi connectivity index (χ4v) is 0.0680. The van der Waals surface area contributed by atoms with Crippen molar-refractivity contribution < 1.29 is 13.5 Å². The molecule has 4 heteroatoms. The Kier molecular flexibility index (Phi) is 13.6. The van der Waals surface area contributed by atoms with Gasteiger partial charge in [-0.3, -0.25) is 0 Å². The van der Waals surface area contributed by atoms with Crippen LogP contribution in [-0.2, 0) is 15.8 Å². The lowest BCUT2D eigenvalue weighted by atomic mass is 11.0. The Morgan fingerprint density at radius 3 is 1.90 bits per heavy atom. The van der Waals surface area contributed by atoms with E-state index in [1.165, 1.54) is 12.5 Å². The number of ether oxygens (including phenoxy) is 1. The highest BCUT2D eigenvalue weighted by Gasteiger charge is 1.76. The normalized spacial score (nSPS) is 10.2. The topological polar surface area (TPSA) is 46.5 Å². The maximum atomic E-state index is 9.48. The summed E-state index contributed by atoms with van der Waals surface area (Å²) in [4.78, 5) is 0.